The molecule has 8 heteroatoms. The predicted molar refractivity (Wildman–Crippen MR) is 126 cm³/mol. The molecular weight excluding hydrogens is 416 g/mol. The van der Waals surface area contributed by atoms with Crippen molar-refractivity contribution in [2.45, 2.75) is 45.2 Å². The molecule has 0 aliphatic carbocycles. The van der Waals surface area contributed by atoms with Gasteiger partial charge in [0.1, 0.15) is 11.6 Å². The molecule has 1 fully saturated rings. The third-order valence-electron chi connectivity index (χ3n) is 7.23. The second kappa shape index (κ2) is 9.09. The van der Waals surface area contributed by atoms with E-state index in [1.807, 2.05) is 16.8 Å². The zero-order chi connectivity index (χ0) is 22.9. The molecule has 0 saturated carbocycles. The Balaban J connectivity index is 1.27. The number of carbonyl (C=O) groups excluding carboxylic acids is 2. The molecule has 1 atom stereocenters. The lowest BCUT2D eigenvalue weighted by Crippen LogP contribution is -2.44. The summed E-state index contributed by atoms with van der Waals surface area (Å²) in [6.45, 7) is 6.47. The Bertz CT molecular complexity index is 1050. The van der Waals surface area contributed by atoms with Crippen molar-refractivity contribution in [3.8, 4) is 0 Å². The standard InChI is InChI=1S/C25H32N6O2/c1-17(32)30-11-8-20(14-30)24-27-22-9-12-31(15-21(22)25(26-2)28-24)23(33)16-29-10-7-18-5-3-4-6-19(18)13-29/h3-6,20H,7-16H2,1-2H3,(H,26,27,28). The molecule has 2 amide bonds. The molecule has 174 valence electrons. The van der Waals surface area contributed by atoms with E-state index in [0.29, 0.717) is 26.2 Å². The third kappa shape index (κ3) is 4.44. The number of hydrogen-bond donors (Lipinski definition) is 1. The summed E-state index contributed by atoms with van der Waals surface area (Å²) in [5.74, 6) is 2.07. The highest BCUT2D eigenvalue weighted by atomic mass is 16.2. The van der Waals surface area contributed by atoms with Crippen LogP contribution in [-0.2, 0) is 35.5 Å². The first kappa shape index (κ1) is 21.8. The fourth-order valence-electron chi connectivity index (χ4n) is 5.27. The number of rotatable bonds is 4. The first-order valence-electron chi connectivity index (χ1n) is 11.9. The third-order valence-corrected chi connectivity index (χ3v) is 7.23. The number of nitrogens with one attached hydrogen (secondary N) is 1. The smallest absolute Gasteiger partial charge is 0.237 e. The summed E-state index contributed by atoms with van der Waals surface area (Å²) in [6, 6.07) is 8.51. The lowest BCUT2D eigenvalue weighted by atomic mass is 10.00. The number of likely N-dealkylation sites (tertiary alicyclic amines) is 1. The fraction of sp³-hybridized carbons (Fsp3) is 0.520. The van der Waals surface area contributed by atoms with Crippen LogP contribution in [-0.4, -0.2) is 76.3 Å². The maximum absolute atomic E-state index is 13.1. The maximum Gasteiger partial charge on any atom is 0.237 e. The Morgan fingerprint density at radius 1 is 1.03 bits per heavy atom. The number of amides is 2. The van der Waals surface area contributed by atoms with Crippen LogP contribution in [0.15, 0.2) is 24.3 Å². The van der Waals surface area contributed by atoms with Gasteiger partial charge >= 0.3 is 0 Å². The molecule has 0 radical (unpaired) electrons. The van der Waals surface area contributed by atoms with Gasteiger partial charge in [-0.15, -0.1) is 0 Å². The van der Waals surface area contributed by atoms with Crippen molar-refractivity contribution in [1.82, 2.24) is 24.7 Å². The van der Waals surface area contributed by atoms with Crippen LogP contribution in [0.25, 0.3) is 0 Å². The summed E-state index contributed by atoms with van der Waals surface area (Å²) in [6.07, 6.45) is 2.62. The minimum Gasteiger partial charge on any atom is -0.373 e. The quantitative estimate of drug-likeness (QED) is 0.768. The summed E-state index contributed by atoms with van der Waals surface area (Å²) in [4.78, 5) is 40.6. The molecule has 1 saturated heterocycles. The molecule has 1 N–H and O–H groups in total. The van der Waals surface area contributed by atoms with Crippen LogP contribution >= 0.6 is 0 Å². The van der Waals surface area contributed by atoms with Crippen LogP contribution in [0.3, 0.4) is 0 Å². The first-order valence-corrected chi connectivity index (χ1v) is 11.9. The molecule has 4 heterocycles. The van der Waals surface area contributed by atoms with Crippen LogP contribution in [0.4, 0.5) is 5.82 Å². The van der Waals surface area contributed by atoms with Gasteiger partial charge in [-0.1, -0.05) is 24.3 Å². The van der Waals surface area contributed by atoms with Crippen molar-refractivity contribution >= 4 is 17.6 Å². The largest absolute Gasteiger partial charge is 0.373 e. The second-order valence-corrected chi connectivity index (χ2v) is 9.35. The van der Waals surface area contributed by atoms with E-state index in [-0.39, 0.29) is 17.7 Å². The SMILES string of the molecule is CNc1nc(C2CCN(C(C)=O)C2)nc2c1CN(C(=O)CN1CCc3ccccc3C1)CC2. The lowest BCUT2D eigenvalue weighted by Gasteiger charge is -2.33. The Labute approximate surface area is 195 Å². The number of anilines is 1. The molecule has 2 aromatic rings. The molecule has 33 heavy (non-hydrogen) atoms. The average molecular weight is 449 g/mol. The molecule has 8 nitrogen and oxygen atoms in total. The van der Waals surface area contributed by atoms with E-state index >= 15 is 0 Å². The van der Waals surface area contributed by atoms with Crippen molar-refractivity contribution < 1.29 is 9.59 Å². The first-order chi connectivity index (χ1) is 16.0. The van der Waals surface area contributed by atoms with Crippen LogP contribution in [0.1, 0.15) is 47.5 Å². The zero-order valence-corrected chi connectivity index (χ0v) is 19.5. The van der Waals surface area contributed by atoms with E-state index in [1.165, 1.54) is 11.1 Å². The minimum absolute atomic E-state index is 0.107. The van der Waals surface area contributed by atoms with Crippen molar-refractivity contribution in [1.29, 1.82) is 0 Å². The van der Waals surface area contributed by atoms with E-state index in [2.05, 4.69) is 34.5 Å². The monoisotopic (exact) mass is 448 g/mol. The van der Waals surface area contributed by atoms with Crippen molar-refractivity contribution in [2.24, 2.45) is 0 Å². The summed E-state index contributed by atoms with van der Waals surface area (Å²) in [5.41, 5.74) is 4.77. The summed E-state index contributed by atoms with van der Waals surface area (Å²) < 4.78 is 0. The van der Waals surface area contributed by atoms with Crippen LogP contribution in [0.5, 0.6) is 0 Å². The van der Waals surface area contributed by atoms with E-state index < -0.39 is 0 Å². The van der Waals surface area contributed by atoms with E-state index in [0.717, 1.165) is 61.8 Å². The number of hydrogen-bond acceptors (Lipinski definition) is 6. The van der Waals surface area contributed by atoms with Gasteiger partial charge in [-0.2, -0.15) is 0 Å². The molecule has 0 spiro atoms. The topological polar surface area (TPSA) is 81.7 Å². The molecule has 3 aliphatic rings. The Morgan fingerprint density at radius 2 is 1.85 bits per heavy atom. The highest BCUT2D eigenvalue weighted by Crippen LogP contribution is 2.30. The maximum atomic E-state index is 13.1. The van der Waals surface area contributed by atoms with Gasteiger partial charge < -0.3 is 15.1 Å². The van der Waals surface area contributed by atoms with Crippen LogP contribution < -0.4 is 5.32 Å². The van der Waals surface area contributed by atoms with Gasteiger partial charge in [-0.25, -0.2) is 9.97 Å². The van der Waals surface area contributed by atoms with E-state index in [4.69, 9.17) is 9.97 Å². The second-order valence-electron chi connectivity index (χ2n) is 9.35. The van der Waals surface area contributed by atoms with Crippen molar-refractivity contribution in [2.75, 3.05) is 45.1 Å². The predicted octanol–water partition coefficient (Wildman–Crippen LogP) is 1.80. The molecule has 0 bridgehead atoms. The minimum atomic E-state index is 0.107. The Hall–Kier alpha value is -3.00. The van der Waals surface area contributed by atoms with Crippen molar-refractivity contribution in [3.63, 3.8) is 0 Å². The fourth-order valence-corrected chi connectivity index (χ4v) is 5.27. The van der Waals surface area contributed by atoms with Gasteiger partial charge in [0.15, 0.2) is 0 Å². The van der Waals surface area contributed by atoms with Gasteiger partial charge in [-0.05, 0) is 24.0 Å². The number of carbonyl (C=O) groups is 2. The number of benzene rings is 1. The lowest BCUT2D eigenvalue weighted by molar-refractivity contribution is -0.133. The highest BCUT2D eigenvalue weighted by Gasteiger charge is 2.31. The normalized spacial score (nSPS) is 20.4. The van der Waals surface area contributed by atoms with E-state index in [9.17, 15) is 9.59 Å². The highest BCUT2D eigenvalue weighted by molar-refractivity contribution is 5.79. The van der Waals surface area contributed by atoms with Gasteiger partial charge in [0.25, 0.3) is 0 Å². The summed E-state index contributed by atoms with van der Waals surface area (Å²) in [5, 5.41) is 3.22. The molecule has 1 aromatic carbocycles. The van der Waals surface area contributed by atoms with Crippen molar-refractivity contribution in [3.05, 3.63) is 52.5 Å². The summed E-state index contributed by atoms with van der Waals surface area (Å²) in [7, 11) is 1.87. The van der Waals surface area contributed by atoms with Gasteiger partial charge in [0, 0.05) is 64.6 Å². The van der Waals surface area contributed by atoms with Crippen LogP contribution in [0, 0.1) is 0 Å². The number of nitrogens with zero attached hydrogens (tertiary/aromatic N) is 5. The van der Waals surface area contributed by atoms with Gasteiger partial charge in [-0.3, -0.25) is 14.5 Å². The number of fused-ring (bicyclic) bond motifs is 2. The molecule has 3 aliphatic heterocycles. The van der Waals surface area contributed by atoms with Crippen LogP contribution in [0.2, 0.25) is 0 Å². The molecule has 5 rings (SSSR count). The van der Waals surface area contributed by atoms with Gasteiger partial charge in [0.2, 0.25) is 11.8 Å². The average Bonchev–Trinajstić information content (AvgIpc) is 3.34. The van der Waals surface area contributed by atoms with Gasteiger partial charge in [0.05, 0.1) is 18.8 Å². The number of aromatic nitrogens is 2. The molecular formula is C25H32N6O2. The Morgan fingerprint density at radius 3 is 2.61 bits per heavy atom. The zero-order valence-electron chi connectivity index (χ0n) is 19.5. The molecule has 1 aromatic heterocycles. The summed E-state index contributed by atoms with van der Waals surface area (Å²) >= 11 is 0. The van der Waals surface area contributed by atoms with E-state index in [1.54, 1.807) is 6.92 Å². The molecule has 1 unspecified atom stereocenters. The Kier molecular flexibility index (Phi) is 6.01.